The van der Waals surface area contributed by atoms with E-state index in [4.69, 9.17) is 14.2 Å². The van der Waals surface area contributed by atoms with Crippen LogP contribution in [0, 0.1) is 0 Å². The number of carbonyl (C=O) groups excluding carboxylic acids is 1. The number of amides is 2. The third-order valence-electron chi connectivity index (χ3n) is 4.93. The van der Waals surface area contributed by atoms with Crippen molar-refractivity contribution in [2.45, 2.75) is 25.0 Å². The fourth-order valence-corrected chi connectivity index (χ4v) is 3.42. The summed E-state index contributed by atoms with van der Waals surface area (Å²) in [6.07, 6.45) is 2.33. The van der Waals surface area contributed by atoms with Gasteiger partial charge in [-0.15, -0.1) is 0 Å². The minimum atomic E-state index is -0.497. The number of ether oxygens (including phenoxy) is 3. The van der Waals surface area contributed by atoms with Crippen LogP contribution in [-0.4, -0.2) is 43.0 Å². The molecule has 4 rings (SSSR count). The molecule has 0 radical (unpaired) electrons. The lowest BCUT2D eigenvalue weighted by Crippen LogP contribution is -2.52. The molecule has 0 unspecified atom stereocenters. The molecule has 27 heavy (non-hydrogen) atoms. The van der Waals surface area contributed by atoms with Crippen molar-refractivity contribution in [2.24, 2.45) is 0 Å². The zero-order valence-corrected chi connectivity index (χ0v) is 15.2. The Morgan fingerprint density at radius 1 is 0.963 bits per heavy atom. The van der Waals surface area contributed by atoms with Crippen LogP contribution in [0.5, 0.6) is 11.5 Å². The van der Waals surface area contributed by atoms with Gasteiger partial charge < -0.3 is 24.4 Å². The van der Waals surface area contributed by atoms with E-state index in [-0.39, 0.29) is 6.03 Å². The smallest absolute Gasteiger partial charge is 0.321 e. The minimum Gasteiger partial charge on any atom is -0.455 e. The quantitative estimate of drug-likeness (QED) is 0.880. The maximum absolute atomic E-state index is 12.7. The van der Waals surface area contributed by atoms with E-state index in [9.17, 15) is 4.79 Å². The zero-order valence-electron chi connectivity index (χ0n) is 15.2. The number of benzene rings is 2. The first kappa shape index (κ1) is 17.8. The fourth-order valence-electron chi connectivity index (χ4n) is 3.42. The van der Waals surface area contributed by atoms with Gasteiger partial charge in [-0.2, -0.15) is 0 Å². The highest BCUT2D eigenvalue weighted by Gasteiger charge is 2.39. The van der Waals surface area contributed by atoms with Gasteiger partial charge in [0, 0.05) is 25.9 Å². The van der Waals surface area contributed by atoms with Crippen molar-refractivity contribution >= 4 is 11.7 Å². The van der Waals surface area contributed by atoms with E-state index < -0.39 is 5.79 Å². The van der Waals surface area contributed by atoms with Gasteiger partial charge in [-0.1, -0.05) is 30.3 Å². The summed E-state index contributed by atoms with van der Waals surface area (Å²) in [5.41, 5.74) is 0.650. The summed E-state index contributed by atoms with van der Waals surface area (Å²) in [5.74, 6) is 0.846. The normalized spacial score (nSPS) is 18.9. The molecule has 6 nitrogen and oxygen atoms in total. The number of likely N-dealkylation sites (tertiary alicyclic amines) is 1. The van der Waals surface area contributed by atoms with E-state index in [0.29, 0.717) is 37.4 Å². The molecule has 1 N–H and O–H groups in total. The third kappa shape index (κ3) is 4.23. The molecule has 2 fully saturated rings. The second-order valence-electron chi connectivity index (χ2n) is 6.79. The highest BCUT2D eigenvalue weighted by molar-refractivity contribution is 5.91. The summed E-state index contributed by atoms with van der Waals surface area (Å²) in [6, 6.07) is 16.8. The van der Waals surface area contributed by atoms with Crippen molar-refractivity contribution in [1.82, 2.24) is 4.90 Å². The van der Waals surface area contributed by atoms with E-state index >= 15 is 0 Å². The predicted molar refractivity (Wildman–Crippen MR) is 102 cm³/mol. The Balaban J connectivity index is 1.39. The van der Waals surface area contributed by atoms with Crippen molar-refractivity contribution < 1.29 is 19.0 Å². The first-order valence-corrected chi connectivity index (χ1v) is 9.40. The lowest BCUT2D eigenvalue weighted by Gasteiger charge is -2.43. The molecule has 2 amide bonds. The van der Waals surface area contributed by atoms with Crippen LogP contribution < -0.4 is 10.1 Å². The van der Waals surface area contributed by atoms with Crippen LogP contribution in [0.2, 0.25) is 0 Å². The number of anilines is 1. The van der Waals surface area contributed by atoms with Crippen molar-refractivity contribution in [3.8, 4) is 11.5 Å². The van der Waals surface area contributed by atoms with Gasteiger partial charge >= 0.3 is 6.03 Å². The monoisotopic (exact) mass is 368 g/mol. The van der Waals surface area contributed by atoms with Gasteiger partial charge in [0.15, 0.2) is 11.5 Å². The molecular formula is C21H24N2O4. The number of rotatable bonds is 3. The summed E-state index contributed by atoms with van der Waals surface area (Å²) in [7, 11) is 0. The van der Waals surface area contributed by atoms with Gasteiger partial charge in [-0.05, 0) is 30.7 Å². The summed E-state index contributed by atoms with van der Waals surface area (Å²) >= 11 is 0. The summed E-state index contributed by atoms with van der Waals surface area (Å²) < 4.78 is 17.6. The number of carbonyl (C=O) groups is 1. The highest BCUT2D eigenvalue weighted by atomic mass is 16.7. The van der Waals surface area contributed by atoms with Gasteiger partial charge in [-0.25, -0.2) is 4.79 Å². The van der Waals surface area contributed by atoms with Gasteiger partial charge in [0.25, 0.3) is 0 Å². The molecule has 0 bridgehead atoms. The van der Waals surface area contributed by atoms with E-state index in [1.54, 1.807) is 4.90 Å². The molecule has 1 spiro atoms. The molecule has 142 valence electrons. The van der Waals surface area contributed by atoms with Gasteiger partial charge in [0.1, 0.15) is 5.75 Å². The highest BCUT2D eigenvalue weighted by Crippen LogP contribution is 2.32. The van der Waals surface area contributed by atoms with Crippen molar-refractivity contribution in [3.05, 3.63) is 54.6 Å². The van der Waals surface area contributed by atoms with E-state index in [2.05, 4.69) is 5.32 Å². The molecule has 2 aliphatic heterocycles. The Kier molecular flexibility index (Phi) is 5.27. The molecule has 2 saturated heterocycles. The maximum atomic E-state index is 12.7. The molecule has 2 heterocycles. The standard InChI is InChI=1S/C21H24N2O4/c24-20(23-13-11-21(12-14-23)25-15-6-16-26-21)22-18-9-4-5-10-19(18)27-17-7-2-1-3-8-17/h1-5,7-10H,6,11-16H2,(H,22,24). The van der Waals surface area contributed by atoms with Crippen molar-refractivity contribution in [1.29, 1.82) is 0 Å². The molecule has 6 heteroatoms. The lowest BCUT2D eigenvalue weighted by molar-refractivity contribution is -0.281. The number of piperidine rings is 1. The van der Waals surface area contributed by atoms with E-state index in [0.717, 1.165) is 25.4 Å². The van der Waals surface area contributed by atoms with Crippen LogP contribution in [0.3, 0.4) is 0 Å². The van der Waals surface area contributed by atoms with Crippen LogP contribution in [0.15, 0.2) is 54.6 Å². The second kappa shape index (κ2) is 7.98. The fraction of sp³-hybridized carbons (Fsp3) is 0.381. The first-order chi connectivity index (χ1) is 13.2. The molecular weight excluding hydrogens is 344 g/mol. The lowest BCUT2D eigenvalue weighted by atomic mass is 10.0. The number of para-hydroxylation sites is 3. The first-order valence-electron chi connectivity index (χ1n) is 9.40. The Morgan fingerprint density at radius 3 is 2.37 bits per heavy atom. The largest absolute Gasteiger partial charge is 0.455 e. The Bertz CT molecular complexity index is 765. The third-order valence-corrected chi connectivity index (χ3v) is 4.93. The van der Waals surface area contributed by atoms with Crippen molar-refractivity contribution in [2.75, 3.05) is 31.6 Å². The zero-order chi connectivity index (χ0) is 18.5. The Hall–Kier alpha value is -2.57. The Labute approximate surface area is 159 Å². The van der Waals surface area contributed by atoms with Gasteiger partial charge in [-0.3, -0.25) is 0 Å². The molecule has 2 aromatic rings. The molecule has 2 aromatic carbocycles. The van der Waals surface area contributed by atoms with Crippen LogP contribution in [0.4, 0.5) is 10.5 Å². The minimum absolute atomic E-state index is 0.134. The van der Waals surface area contributed by atoms with Crippen molar-refractivity contribution in [3.63, 3.8) is 0 Å². The topological polar surface area (TPSA) is 60.0 Å². The number of nitrogens with one attached hydrogen (secondary N) is 1. The molecule has 0 aliphatic carbocycles. The number of hydrogen-bond donors (Lipinski definition) is 1. The summed E-state index contributed by atoms with van der Waals surface area (Å²) in [6.45, 7) is 2.67. The van der Waals surface area contributed by atoms with Crippen LogP contribution in [-0.2, 0) is 9.47 Å². The van der Waals surface area contributed by atoms with Crippen LogP contribution in [0.1, 0.15) is 19.3 Å². The molecule has 0 atom stereocenters. The average Bonchev–Trinajstić information content (AvgIpc) is 2.71. The molecule has 0 saturated carbocycles. The second-order valence-corrected chi connectivity index (χ2v) is 6.79. The molecule has 2 aliphatic rings. The SMILES string of the molecule is O=C(Nc1ccccc1Oc1ccccc1)N1CCC2(CC1)OCCCO2. The van der Waals surface area contributed by atoms with Gasteiger partial charge in [0.2, 0.25) is 0 Å². The maximum Gasteiger partial charge on any atom is 0.321 e. The summed E-state index contributed by atoms with van der Waals surface area (Å²) in [4.78, 5) is 14.5. The summed E-state index contributed by atoms with van der Waals surface area (Å²) in [5, 5.41) is 2.97. The Morgan fingerprint density at radius 2 is 1.63 bits per heavy atom. The molecule has 0 aromatic heterocycles. The van der Waals surface area contributed by atoms with Crippen LogP contribution >= 0.6 is 0 Å². The van der Waals surface area contributed by atoms with Gasteiger partial charge in [0.05, 0.1) is 18.9 Å². The predicted octanol–water partition coefficient (Wildman–Crippen LogP) is 4.24. The number of hydrogen-bond acceptors (Lipinski definition) is 4. The average molecular weight is 368 g/mol. The van der Waals surface area contributed by atoms with E-state index in [1.807, 2.05) is 54.6 Å². The number of nitrogens with zero attached hydrogens (tertiary/aromatic N) is 1. The van der Waals surface area contributed by atoms with Crippen LogP contribution in [0.25, 0.3) is 0 Å². The van der Waals surface area contributed by atoms with E-state index in [1.165, 1.54) is 0 Å². The number of urea groups is 1.